The Kier molecular flexibility index (Phi) is 6.40. The number of nitrogens with zero attached hydrogens (tertiary/aromatic N) is 1. The Bertz CT molecular complexity index is 465. The molecule has 106 valence electrons. The summed E-state index contributed by atoms with van der Waals surface area (Å²) < 4.78 is 0. The lowest BCUT2D eigenvalue weighted by molar-refractivity contribution is -0.128. The second-order valence-corrected chi connectivity index (χ2v) is 5.44. The molecule has 0 bridgehead atoms. The highest BCUT2D eigenvalue weighted by atomic mass is 35.5. The van der Waals surface area contributed by atoms with Crippen molar-refractivity contribution in [2.75, 3.05) is 20.1 Å². The van der Waals surface area contributed by atoms with Gasteiger partial charge < -0.3 is 10.2 Å². The van der Waals surface area contributed by atoms with Crippen molar-refractivity contribution in [1.82, 2.24) is 10.2 Å². The van der Waals surface area contributed by atoms with Gasteiger partial charge in [0.25, 0.3) is 0 Å². The second kappa shape index (κ2) is 7.34. The number of halogens is 3. The molecule has 1 aromatic carbocycles. The van der Waals surface area contributed by atoms with Gasteiger partial charge in [-0.15, -0.1) is 0 Å². The molecule has 1 atom stereocenters. The molecule has 0 saturated heterocycles. The zero-order valence-electron chi connectivity index (χ0n) is 11.1. The Hall–Kier alpha value is -0.480. The fraction of sp³-hybridized carbons (Fsp3) is 0.462. The average molecular weight is 324 g/mol. The summed E-state index contributed by atoms with van der Waals surface area (Å²) in [7, 11) is 1.76. The van der Waals surface area contributed by atoms with Gasteiger partial charge in [0.15, 0.2) is 0 Å². The summed E-state index contributed by atoms with van der Waals surface area (Å²) in [6, 6.07) is 3.42. The van der Waals surface area contributed by atoms with E-state index < -0.39 is 0 Å². The third kappa shape index (κ3) is 4.25. The Labute approximate surface area is 128 Å². The molecule has 1 unspecified atom stereocenters. The van der Waals surface area contributed by atoms with Crippen molar-refractivity contribution in [3.63, 3.8) is 0 Å². The van der Waals surface area contributed by atoms with Gasteiger partial charge in [0, 0.05) is 19.6 Å². The summed E-state index contributed by atoms with van der Waals surface area (Å²) in [5.41, 5.74) is 0.822. The van der Waals surface area contributed by atoms with E-state index in [2.05, 4.69) is 5.32 Å². The number of nitrogens with one attached hydrogen (secondary N) is 1. The summed E-state index contributed by atoms with van der Waals surface area (Å²) >= 11 is 18.0. The number of benzene rings is 1. The molecule has 0 fully saturated rings. The molecule has 0 radical (unpaired) electrons. The molecule has 6 heteroatoms. The maximum atomic E-state index is 11.7. The average Bonchev–Trinajstić information content (AvgIpc) is 2.41. The van der Waals surface area contributed by atoms with Crippen molar-refractivity contribution < 1.29 is 4.79 Å². The Morgan fingerprint density at radius 1 is 1.32 bits per heavy atom. The van der Waals surface area contributed by atoms with E-state index in [4.69, 9.17) is 34.8 Å². The molecule has 0 aliphatic heterocycles. The minimum absolute atomic E-state index is 0.0329. The van der Waals surface area contributed by atoms with Crippen LogP contribution in [0.2, 0.25) is 15.1 Å². The van der Waals surface area contributed by atoms with Gasteiger partial charge in [0.05, 0.1) is 21.6 Å². The lowest BCUT2D eigenvalue weighted by atomic mass is 10.1. The number of amides is 1. The lowest BCUT2D eigenvalue weighted by Gasteiger charge is -2.19. The van der Waals surface area contributed by atoms with Gasteiger partial charge >= 0.3 is 0 Å². The minimum atomic E-state index is -0.0866. The third-order valence-corrected chi connectivity index (χ3v) is 4.30. The number of hydrogen-bond donors (Lipinski definition) is 1. The van der Waals surface area contributed by atoms with Gasteiger partial charge in [-0.1, -0.05) is 40.9 Å². The molecule has 0 aliphatic carbocycles. The normalized spacial score (nSPS) is 12.3. The van der Waals surface area contributed by atoms with Crippen molar-refractivity contribution in [2.24, 2.45) is 0 Å². The van der Waals surface area contributed by atoms with Crippen LogP contribution in [-0.4, -0.2) is 30.9 Å². The first-order valence-corrected chi connectivity index (χ1v) is 7.12. The molecule has 1 amide bonds. The quantitative estimate of drug-likeness (QED) is 0.836. The minimum Gasteiger partial charge on any atom is -0.345 e. The smallest absolute Gasteiger partial charge is 0.236 e. The first-order chi connectivity index (χ1) is 8.88. The Balaban J connectivity index is 2.72. The van der Waals surface area contributed by atoms with Gasteiger partial charge in [-0.25, -0.2) is 0 Å². The number of rotatable bonds is 5. The van der Waals surface area contributed by atoms with Crippen LogP contribution in [0.15, 0.2) is 12.1 Å². The van der Waals surface area contributed by atoms with Crippen LogP contribution in [0.5, 0.6) is 0 Å². The summed E-state index contributed by atoms with van der Waals surface area (Å²) in [5.74, 6) is 0.0329. The molecule has 0 aromatic heterocycles. The summed E-state index contributed by atoms with van der Waals surface area (Å²) in [6.45, 7) is 4.78. The predicted octanol–water partition coefficient (Wildman–Crippen LogP) is 3.78. The highest BCUT2D eigenvalue weighted by Gasteiger charge is 2.15. The standard InChI is InChI=1S/C13H17Cl3N2O/c1-4-18(3)11(19)7-17-8(2)9-5-6-10(14)13(16)12(9)15/h5-6,8,17H,4,7H2,1-3H3. The van der Waals surface area contributed by atoms with E-state index >= 15 is 0 Å². The third-order valence-electron chi connectivity index (χ3n) is 2.99. The SMILES string of the molecule is CCN(C)C(=O)CNC(C)c1ccc(Cl)c(Cl)c1Cl. The molecule has 3 nitrogen and oxygen atoms in total. The van der Waals surface area contributed by atoms with E-state index in [9.17, 15) is 4.79 Å². The topological polar surface area (TPSA) is 32.3 Å². The first-order valence-electron chi connectivity index (χ1n) is 5.99. The molecule has 1 rings (SSSR count). The zero-order chi connectivity index (χ0) is 14.6. The largest absolute Gasteiger partial charge is 0.345 e. The van der Waals surface area contributed by atoms with Crippen LogP contribution >= 0.6 is 34.8 Å². The van der Waals surface area contributed by atoms with E-state index in [1.54, 1.807) is 18.0 Å². The lowest BCUT2D eigenvalue weighted by Crippen LogP contribution is -2.36. The molecule has 1 aromatic rings. The number of likely N-dealkylation sites (N-methyl/N-ethyl adjacent to an activating group) is 1. The summed E-state index contributed by atoms with van der Waals surface area (Å²) in [6.07, 6.45) is 0. The molecule has 0 saturated carbocycles. The molecular formula is C13H17Cl3N2O. The monoisotopic (exact) mass is 322 g/mol. The fourth-order valence-electron chi connectivity index (χ4n) is 1.54. The number of carbonyl (C=O) groups is 1. The van der Waals surface area contributed by atoms with Crippen molar-refractivity contribution in [3.05, 3.63) is 32.8 Å². The van der Waals surface area contributed by atoms with E-state index in [1.807, 2.05) is 19.9 Å². The van der Waals surface area contributed by atoms with Gasteiger partial charge in [0.1, 0.15) is 0 Å². The molecule has 0 spiro atoms. The van der Waals surface area contributed by atoms with Gasteiger partial charge in [-0.2, -0.15) is 0 Å². The molecule has 0 aliphatic rings. The van der Waals surface area contributed by atoms with Crippen LogP contribution in [0.25, 0.3) is 0 Å². The maximum absolute atomic E-state index is 11.7. The first kappa shape index (κ1) is 16.6. The summed E-state index contributed by atoms with van der Waals surface area (Å²) in [4.78, 5) is 13.3. The number of carbonyl (C=O) groups excluding carboxylic acids is 1. The van der Waals surface area contributed by atoms with Crippen LogP contribution in [-0.2, 0) is 4.79 Å². The van der Waals surface area contributed by atoms with Crippen molar-refractivity contribution in [1.29, 1.82) is 0 Å². The van der Waals surface area contributed by atoms with Crippen LogP contribution in [0.1, 0.15) is 25.5 Å². The fourth-order valence-corrected chi connectivity index (χ4v) is 2.24. The van der Waals surface area contributed by atoms with E-state index in [0.29, 0.717) is 21.6 Å². The molecule has 19 heavy (non-hydrogen) atoms. The molecule has 0 heterocycles. The second-order valence-electron chi connectivity index (χ2n) is 4.28. The van der Waals surface area contributed by atoms with Crippen LogP contribution in [0.3, 0.4) is 0 Å². The Morgan fingerprint density at radius 3 is 2.53 bits per heavy atom. The van der Waals surface area contributed by atoms with Gasteiger partial charge in [-0.05, 0) is 25.5 Å². The van der Waals surface area contributed by atoms with Gasteiger partial charge in [0.2, 0.25) is 5.91 Å². The van der Waals surface area contributed by atoms with Crippen LogP contribution < -0.4 is 5.32 Å². The van der Waals surface area contributed by atoms with Crippen molar-refractivity contribution >= 4 is 40.7 Å². The van der Waals surface area contributed by atoms with Gasteiger partial charge in [-0.3, -0.25) is 4.79 Å². The highest BCUT2D eigenvalue weighted by Crippen LogP contribution is 2.35. The molecular weight excluding hydrogens is 307 g/mol. The Morgan fingerprint density at radius 2 is 1.95 bits per heavy atom. The van der Waals surface area contributed by atoms with Crippen LogP contribution in [0, 0.1) is 0 Å². The highest BCUT2D eigenvalue weighted by molar-refractivity contribution is 6.48. The van der Waals surface area contributed by atoms with E-state index in [0.717, 1.165) is 5.56 Å². The van der Waals surface area contributed by atoms with Crippen LogP contribution in [0.4, 0.5) is 0 Å². The molecule has 1 N–H and O–H groups in total. The van der Waals surface area contributed by atoms with E-state index in [-0.39, 0.29) is 18.5 Å². The van der Waals surface area contributed by atoms with Crippen molar-refractivity contribution in [2.45, 2.75) is 19.9 Å². The van der Waals surface area contributed by atoms with Crippen molar-refractivity contribution in [3.8, 4) is 0 Å². The number of hydrogen-bond acceptors (Lipinski definition) is 2. The predicted molar refractivity (Wildman–Crippen MR) is 81.2 cm³/mol. The summed E-state index contributed by atoms with van der Waals surface area (Å²) in [5, 5.41) is 4.31. The zero-order valence-corrected chi connectivity index (χ0v) is 13.4. The maximum Gasteiger partial charge on any atom is 0.236 e. The van der Waals surface area contributed by atoms with E-state index in [1.165, 1.54) is 0 Å².